The Morgan fingerprint density at radius 2 is 2.00 bits per heavy atom. The number of aromatic amines is 1. The van der Waals surface area contributed by atoms with Gasteiger partial charge in [0.2, 0.25) is 0 Å². The molecular formula is C15H15N5OS. The van der Waals surface area contributed by atoms with Crippen molar-refractivity contribution in [2.45, 2.75) is 6.92 Å². The molecule has 0 aliphatic rings. The van der Waals surface area contributed by atoms with Crippen molar-refractivity contribution in [2.24, 2.45) is 0 Å². The van der Waals surface area contributed by atoms with Crippen LogP contribution in [0.2, 0.25) is 0 Å². The molecule has 0 bridgehead atoms. The molecule has 3 rings (SSSR count). The average molecular weight is 313 g/mol. The molecule has 0 aliphatic heterocycles. The summed E-state index contributed by atoms with van der Waals surface area (Å²) < 4.78 is 5.28. The number of H-pyrrole nitrogens is 1. The lowest BCUT2D eigenvalue weighted by atomic mass is 10.3. The molecule has 7 heteroatoms. The van der Waals surface area contributed by atoms with Gasteiger partial charge in [0.05, 0.1) is 18.2 Å². The zero-order valence-electron chi connectivity index (χ0n) is 12.2. The van der Waals surface area contributed by atoms with Crippen molar-refractivity contribution in [1.82, 2.24) is 15.2 Å². The molecule has 0 saturated heterocycles. The van der Waals surface area contributed by atoms with Gasteiger partial charge in [0.1, 0.15) is 5.75 Å². The minimum Gasteiger partial charge on any atom is -0.495 e. The second-order valence-corrected chi connectivity index (χ2v) is 5.11. The number of ether oxygens (including phenoxy) is 1. The van der Waals surface area contributed by atoms with Crippen LogP contribution in [0.15, 0.2) is 36.4 Å². The van der Waals surface area contributed by atoms with E-state index >= 15 is 0 Å². The summed E-state index contributed by atoms with van der Waals surface area (Å²) in [6.07, 6.45) is 0. The Morgan fingerprint density at radius 3 is 2.82 bits per heavy atom. The van der Waals surface area contributed by atoms with Crippen LogP contribution in [-0.2, 0) is 0 Å². The van der Waals surface area contributed by atoms with Gasteiger partial charge >= 0.3 is 0 Å². The van der Waals surface area contributed by atoms with Crippen molar-refractivity contribution in [3.05, 3.63) is 42.1 Å². The van der Waals surface area contributed by atoms with E-state index in [2.05, 4.69) is 25.8 Å². The lowest BCUT2D eigenvalue weighted by Crippen LogP contribution is -2.19. The Balaban J connectivity index is 1.78. The highest BCUT2D eigenvalue weighted by molar-refractivity contribution is 7.80. The molecule has 0 aliphatic carbocycles. The molecule has 0 atom stereocenters. The van der Waals surface area contributed by atoms with Crippen LogP contribution in [-0.4, -0.2) is 27.4 Å². The molecule has 2 heterocycles. The number of nitrogens with zero attached hydrogens (tertiary/aromatic N) is 2. The van der Waals surface area contributed by atoms with Gasteiger partial charge < -0.3 is 15.4 Å². The van der Waals surface area contributed by atoms with Crippen molar-refractivity contribution < 1.29 is 4.74 Å². The van der Waals surface area contributed by atoms with Crippen molar-refractivity contribution in [1.29, 1.82) is 0 Å². The highest BCUT2D eigenvalue weighted by atomic mass is 32.1. The Morgan fingerprint density at radius 1 is 1.18 bits per heavy atom. The number of para-hydroxylation sites is 2. The van der Waals surface area contributed by atoms with E-state index < -0.39 is 0 Å². The van der Waals surface area contributed by atoms with Crippen LogP contribution in [0.1, 0.15) is 5.69 Å². The predicted octanol–water partition coefficient (Wildman–Crippen LogP) is 3.08. The second kappa shape index (κ2) is 5.98. The fraction of sp³-hybridized carbons (Fsp3) is 0.133. The molecular weight excluding hydrogens is 298 g/mol. The van der Waals surface area contributed by atoms with E-state index in [1.165, 1.54) is 0 Å². The average Bonchev–Trinajstić information content (AvgIpc) is 2.89. The molecule has 0 radical (unpaired) electrons. The number of methoxy groups -OCH3 is 1. The lowest BCUT2D eigenvalue weighted by molar-refractivity contribution is 0.417. The van der Waals surface area contributed by atoms with E-state index in [0.29, 0.717) is 10.9 Å². The monoisotopic (exact) mass is 313 g/mol. The molecule has 2 aromatic heterocycles. The number of fused-ring (bicyclic) bond motifs is 1. The topological polar surface area (TPSA) is 74.9 Å². The summed E-state index contributed by atoms with van der Waals surface area (Å²) in [5, 5.41) is 14.6. The molecule has 0 fully saturated rings. The van der Waals surface area contributed by atoms with Crippen molar-refractivity contribution >= 4 is 39.9 Å². The summed E-state index contributed by atoms with van der Waals surface area (Å²) in [7, 11) is 1.62. The van der Waals surface area contributed by atoms with Crippen LogP contribution < -0.4 is 15.4 Å². The second-order valence-electron chi connectivity index (χ2n) is 4.70. The Bertz CT molecular complexity index is 830. The Kier molecular flexibility index (Phi) is 3.88. The first-order valence-corrected chi connectivity index (χ1v) is 7.11. The van der Waals surface area contributed by atoms with Crippen LogP contribution >= 0.6 is 12.2 Å². The third kappa shape index (κ3) is 2.84. The number of rotatable bonds is 3. The van der Waals surface area contributed by atoms with Crippen molar-refractivity contribution in [3.63, 3.8) is 0 Å². The first kappa shape index (κ1) is 14.3. The number of thiocarbonyl (C=S) groups is 1. The molecule has 112 valence electrons. The zero-order chi connectivity index (χ0) is 15.5. The number of pyridine rings is 1. The van der Waals surface area contributed by atoms with Crippen molar-refractivity contribution in [3.8, 4) is 5.75 Å². The highest BCUT2D eigenvalue weighted by Gasteiger charge is 2.09. The summed E-state index contributed by atoms with van der Waals surface area (Å²) in [5.41, 5.74) is 2.44. The number of aromatic nitrogens is 3. The lowest BCUT2D eigenvalue weighted by Gasteiger charge is -2.12. The molecule has 6 nitrogen and oxygen atoms in total. The summed E-state index contributed by atoms with van der Waals surface area (Å²) in [6, 6.07) is 11.4. The van der Waals surface area contributed by atoms with E-state index in [9.17, 15) is 0 Å². The SMILES string of the molecule is COc1ccccc1NC(=S)Nc1n[nH]c2nc(C)ccc12. The number of anilines is 2. The molecule has 0 spiro atoms. The van der Waals surface area contributed by atoms with E-state index in [-0.39, 0.29) is 0 Å². The highest BCUT2D eigenvalue weighted by Crippen LogP contribution is 2.24. The normalized spacial score (nSPS) is 10.5. The summed E-state index contributed by atoms with van der Waals surface area (Å²) >= 11 is 5.33. The molecule has 22 heavy (non-hydrogen) atoms. The molecule has 0 amide bonds. The summed E-state index contributed by atoms with van der Waals surface area (Å²) in [4.78, 5) is 4.37. The number of benzene rings is 1. The maximum absolute atomic E-state index is 5.33. The predicted molar refractivity (Wildman–Crippen MR) is 91.5 cm³/mol. The minimum absolute atomic E-state index is 0.429. The fourth-order valence-electron chi connectivity index (χ4n) is 2.11. The first-order chi connectivity index (χ1) is 10.7. The minimum atomic E-state index is 0.429. The van der Waals surface area contributed by atoms with Crippen LogP contribution in [0.3, 0.4) is 0 Å². The van der Waals surface area contributed by atoms with E-state index in [1.54, 1.807) is 7.11 Å². The number of nitrogens with one attached hydrogen (secondary N) is 3. The maximum Gasteiger partial charge on any atom is 0.176 e. The van der Waals surface area contributed by atoms with E-state index in [1.807, 2.05) is 43.3 Å². The van der Waals surface area contributed by atoms with Crippen molar-refractivity contribution in [2.75, 3.05) is 17.7 Å². The largest absolute Gasteiger partial charge is 0.495 e. The number of aryl methyl sites for hydroxylation is 1. The van der Waals surface area contributed by atoms with Crippen LogP contribution in [0, 0.1) is 6.92 Å². The molecule has 3 aromatic rings. The molecule has 3 N–H and O–H groups in total. The summed E-state index contributed by atoms with van der Waals surface area (Å²) in [6.45, 7) is 1.93. The van der Waals surface area contributed by atoms with Crippen LogP contribution in [0.5, 0.6) is 5.75 Å². The van der Waals surface area contributed by atoms with Gasteiger partial charge in [-0.1, -0.05) is 12.1 Å². The van der Waals surface area contributed by atoms with Gasteiger partial charge in [0.15, 0.2) is 16.6 Å². The van der Waals surface area contributed by atoms with Gasteiger partial charge in [-0.25, -0.2) is 4.98 Å². The van der Waals surface area contributed by atoms with Crippen LogP contribution in [0.4, 0.5) is 11.5 Å². The molecule has 1 aromatic carbocycles. The fourth-order valence-corrected chi connectivity index (χ4v) is 2.31. The van der Waals surface area contributed by atoms with Gasteiger partial charge in [-0.15, -0.1) is 0 Å². The number of hydrogen-bond acceptors (Lipinski definition) is 4. The third-order valence-electron chi connectivity index (χ3n) is 3.15. The maximum atomic E-state index is 5.33. The zero-order valence-corrected chi connectivity index (χ0v) is 13.0. The van der Waals surface area contributed by atoms with Gasteiger partial charge in [-0.3, -0.25) is 5.10 Å². The van der Waals surface area contributed by atoms with E-state index in [4.69, 9.17) is 17.0 Å². The van der Waals surface area contributed by atoms with Crippen LogP contribution in [0.25, 0.3) is 11.0 Å². The van der Waals surface area contributed by atoms with E-state index in [0.717, 1.165) is 28.2 Å². The smallest absolute Gasteiger partial charge is 0.176 e. The molecule has 0 saturated carbocycles. The van der Waals surface area contributed by atoms with Gasteiger partial charge in [-0.05, 0) is 43.4 Å². The van der Waals surface area contributed by atoms with Gasteiger partial charge in [0.25, 0.3) is 0 Å². The Labute approximate surface area is 132 Å². The molecule has 0 unspecified atom stereocenters. The summed E-state index contributed by atoms with van der Waals surface area (Å²) in [5.74, 6) is 1.35. The number of hydrogen-bond donors (Lipinski definition) is 3. The Hall–Kier alpha value is -2.67. The standard InChI is InChI=1S/C15H15N5OS/c1-9-7-8-10-13(16-9)19-20-14(10)18-15(22)17-11-5-3-4-6-12(11)21-2/h3-8H,1-2H3,(H3,16,17,18,19,20,22). The quantitative estimate of drug-likeness (QED) is 0.645. The third-order valence-corrected chi connectivity index (χ3v) is 3.35. The first-order valence-electron chi connectivity index (χ1n) is 6.70. The van der Waals surface area contributed by atoms with Gasteiger partial charge in [-0.2, -0.15) is 5.10 Å². The van der Waals surface area contributed by atoms with Gasteiger partial charge in [0, 0.05) is 5.69 Å².